The van der Waals surface area contributed by atoms with E-state index in [0.717, 1.165) is 25.1 Å². The van der Waals surface area contributed by atoms with E-state index in [1.54, 1.807) is 19.1 Å². The molecular weight excluding hydrogens is 302 g/mol. The van der Waals surface area contributed by atoms with E-state index in [0.29, 0.717) is 30.9 Å². The third-order valence-corrected chi connectivity index (χ3v) is 4.18. The molecule has 22 heavy (non-hydrogen) atoms. The lowest BCUT2D eigenvalue weighted by molar-refractivity contribution is -0.132. The van der Waals surface area contributed by atoms with Crippen LogP contribution in [0.1, 0.15) is 39.0 Å². The van der Waals surface area contributed by atoms with Gasteiger partial charge >= 0.3 is 0 Å². The highest BCUT2D eigenvalue weighted by Crippen LogP contribution is 2.22. The Kier molecular flexibility index (Phi) is 6.52. The number of halogens is 1. The van der Waals surface area contributed by atoms with Crippen molar-refractivity contribution in [2.24, 2.45) is 0 Å². The van der Waals surface area contributed by atoms with Crippen LogP contribution in [0.4, 0.5) is 0 Å². The van der Waals surface area contributed by atoms with Crippen LogP contribution in [0.3, 0.4) is 0 Å². The summed E-state index contributed by atoms with van der Waals surface area (Å²) >= 11 is 5.81. The lowest BCUT2D eigenvalue weighted by atomic mass is 10.1. The van der Waals surface area contributed by atoms with E-state index < -0.39 is 0 Å². The molecule has 1 aromatic carbocycles. The molecule has 2 rings (SSSR count). The number of benzene rings is 1. The van der Waals surface area contributed by atoms with Gasteiger partial charge in [-0.1, -0.05) is 11.6 Å². The van der Waals surface area contributed by atoms with Gasteiger partial charge in [0, 0.05) is 24.0 Å². The summed E-state index contributed by atoms with van der Waals surface area (Å²) in [5, 5.41) is 10.2. The Morgan fingerprint density at radius 3 is 2.86 bits per heavy atom. The van der Waals surface area contributed by atoms with E-state index in [2.05, 4.69) is 0 Å². The van der Waals surface area contributed by atoms with E-state index >= 15 is 0 Å². The summed E-state index contributed by atoms with van der Waals surface area (Å²) in [7, 11) is 0. The molecule has 0 aromatic heterocycles. The first kappa shape index (κ1) is 17.1. The molecule has 1 saturated heterocycles. The second-order valence-corrected chi connectivity index (χ2v) is 6.31. The molecule has 0 bridgehead atoms. The van der Waals surface area contributed by atoms with Crippen molar-refractivity contribution in [2.75, 3.05) is 13.2 Å². The molecule has 1 fully saturated rings. The molecular formula is C17H24ClNO3. The number of nitrogens with zero attached hydrogens (tertiary/aromatic N) is 1. The van der Waals surface area contributed by atoms with Crippen LogP contribution in [-0.2, 0) is 4.79 Å². The molecule has 1 aromatic rings. The summed E-state index contributed by atoms with van der Waals surface area (Å²) < 4.78 is 5.60. The molecule has 1 heterocycles. The maximum Gasteiger partial charge on any atom is 0.222 e. The molecule has 1 aliphatic heterocycles. The van der Waals surface area contributed by atoms with Crippen LogP contribution in [0.15, 0.2) is 24.3 Å². The Labute approximate surface area is 137 Å². The van der Waals surface area contributed by atoms with Gasteiger partial charge in [0.15, 0.2) is 0 Å². The zero-order valence-electron chi connectivity index (χ0n) is 13.0. The van der Waals surface area contributed by atoms with Crippen LogP contribution in [0.5, 0.6) is 5.75 Å². The highest BCUT2D eigenvalue weighted by Gasteiger charge is 2.28. The second-order valence-electron chi connectivity index (χ2n) is 5.87. The van der Waals surface area contributed by atoms with Crippen LogP contribution in [0, 0.1) is 0 Å². The smallest absolute Gasteiger partial charge is 0.222 e. The molecule has 122 valence electrons. The van der Waals surface area contributed by atoms with Crippen molar-refractivity contribution in [3.05, 3.63) is 29.3 Å². The fraction of sp³-hybridized carbons (Fsp3) is 0.588. The van der Waals surface area contributed by atoms with Crippen molar-refractivity contribution in [3.63, 3.8) is 0 Å². The van der Waals surface area contributed by atoms with Crippen LogP contribution >= 0.6 is 11.6 Å². The third kappa shape index (κ3) is 5.18. The van der Waals surface area contributed by atoms with Gasteiger partial charge < -0.3 is 14.7 Å². The first-order valence-electron chi connectivity index (χ1n) is 7.92. The van der Waals surface area contributed by atoms with Gasteiger partial charge in [-0.05, 0) is 56.9 Å². The molecule has 2 unspecified atom stereocenters. The van der Waals surface area contributed by atoms with Gasteiger partial charge in [0.2, 0.25) is 5.91 Å². The number of ether oxygens (including phenoxy) is 1. The van der Waals surface area contributed by atoms with Crippen LogP contribution < -0.4 is 4.74 Å². The number of hydrogen-bond acceptors (Lipinski definition) is 3. The van der Waals surface area contributed by atoms with Gasteiger partial charge in [0.1, 0.15) is 5.75 Å². The summed E-state index contributed by atoms with van der Waals surface area (Å²) in [5.41, 5.74) is 0. The number of aliphatic hydroxyl groups excluding tert-OH is 1. The Bertz CT molecular complexity index is 475. The molecule has 0 saturated carbocycles. The summed E-state index contributed by atoms with van der Waals surface area (Å²) in [6.07, 6.45) is 3.53. The van der Waals surface area contributed by atoms with Gasteiger partial charge in [0.05, 0.1) is 12.7 Å². The zero-order chi connectivity index (χ0) is 15.9. The number of rotatable bonds is 7. The topological polar surface area (TPSA) is 49.8 Å². The van der Waals surface area contributed by atoms with Crippen LogP contribution in [0.2, 0.25) is 5.02 Å². The number of likely N-dealkylation sites (tertiary alicyclic amines) is 1. The maximum absolute atomic E-state index is 12.3. The van der Waals surface area contributed by atoms with Crippen molar-refractivity contribution >= 4 is 17.5 Å². The fourth-order valence-electron chi connectivity index (χ4n) is 2.89. The largest absolute Gasteiger partial charge is 0.494 e. The highest BCUT2D eigenvalue weighted by atomic mass is 35.5. The van der Waals surface area contributed by atoms with E-state index in [4.69, 9.17) is 16.3 Å². The molecule has 0 spiro atoms. The molecule has 1 amide bonds. The van der Waals surface area contributed by atoms with Gasteiger partial charge in [-0.3, -0.25) is 4.79 Å². The zero-order valence-corrected chi connectivity index (χ0v) is 13.8. The first-order valence-corrected chi connectivity index (χ1v) is 8.30. The van der Waals surface area contributed by atoms with E-state index in [1.807, 2.05) is 17.0 Å². The van der Waals surface area contributed by atoms with E-state index in [9.17, 15) is 9.90 Å². The fourth-order valence-corrected chi connectivity index (χ4v) is 3.02. The molecule has 1 aliphatic rings. The lowest BCUT2D eigenvalue weighted by Gasteiger charge is -2.25. The van der Waals surface area contributed by atoms with E-state index in [-0.39, 0.29) is 18.1 Å². The number of carbonyl (C=O) groups excluding carboxylic acids is 1. The van der Waals surface area contributed by atoms with Crippen molar-refractivity contribution < 1.29 is 14.6 Å². The molecule has 5 heteroatoms. The number of carbonyl (C=O) groups is 1. The number of hydrogen-bond donors (Lipinski definition) is 1. The lowest BCUT2D eigenvalue weighted by Crippen LogP contribution is -2.37. The Balaban J connectivity index is 1.70. The average molecular weight is 326 g/mol. The van der Waals surface area contributed by atoms with Gasteiger partial charge in [-0.2, -0.15) is 0 Å². The minimum Gasteiger partial charge on any atom is -0.494 e. The third-order valence-electron chi connectivity index (χ3n) is 3.93. The summed E-state index contributed by atoms with van der Waals surface area (Å²) in [6, 6.07) is 7.41. The minimum atomic E-state index is -0.355. The quantitative estimate of drug-likeness (QED) is 0.783. The molecule has 0 radical (unpaired) electrons. The van der Waals surface area contributed by atoms with Gasteiger partial charge in [-0.25, -0.2) is 0 Å². The standard InChI is InChI=1S/C17H24ClNO3/c1-13(20)12-15-4-2-10-19(15)17(21)5-3-11-22-16-8-6-14(18)7-9-16/h6-9,13,15,20H,2-5,10-12H2,1H3. The summed E-state index contributed by atoms with van der Waals surface area (Å²) in [6.45, 7) is 3.11. The van der Waals surface area contributed by atoms with Crippen LogP contribution in [0.25, 0.3) is 0 Å². The predicted molar refractivity (Wildman–Crippen MR) is 87.2 cm³/mol. The van der Waals surface area contributed by atoms with Crippen molar-refractivity contribution in [1.29, 1.82) is 0 Å². The van der Waals surface area contributed by atoms with Gasteiger partial charge in [-0.15, -0.1) is 0 Å². The number of aliphatic hydroxyl groups is 1. The molecule has 4 nitrogen and oxygen atoms in total. The monoisotopic (exact) mass is 325 g/mol. The SMILES string of the molecule is CC(O)CC1CCCN1C(=O)CCCOc1ccc(Cl)cc1. The van der Waals surface area contributed by atoms with Crippen LogP contribution in [-0.4, -0.2) is 41.2 Å². The molecule has 1 N–H and O–H groups in total. The van der Waals surface area contributed by atoms with Gasteiger partial charge in [0.25, 0.3) is 0 Å². The van der Waals surface area contributed by atoms with Crippen molar-refractivity contribution in [3.8, 4) is 5.75 Å². The second kappa shape index (κ2) is 8.39. The summed E-state index contributed by atoms with van der Waals surface area (Å²) in [5.74, 6) is 0.938. The first-order chi connectivity index (χ1) is 10.6. The normalized spacial score (nSPS) is 19.2. The molecule has 0 aliphatic carbocycles. The highest BCUT2D eigenvalue weighted by molar-refractivity contribution is 6.30. The van der Waals surface area contributed by atoms with E-state index in [1.165, 1.54) is 0 Å². The Morgan fingerprint density at radius 1 is 1.45 bits per heavy atom. The predicted octanol–water partition coefficient (Wildman–Crippen LogP) is 3.26. The Morgan fingerprint density at radius 2 is 2.18 bits per heavy atom. The molecule has 2 atom stereocenters. The maximum atomic E-state index is 12.3. The minimum absolute atomic E-state index is 0.169. The Hall–Kier alpha value is -1.26. The van der Waals surface area contributed by atoms with Crippen molar-refractivity contribution in [1.82, 2.24) is 4.90 Å². The summed E-state index contributed by atoms with van der Waals surface area (Å²) in [4.78, 5) is 14.2. The number of amides is 1. The average Bonchev–Trinajstić information content (AvgIpc) is 2.92. The van der Waals surface area contributed by atoms with Crippen molar-refractivity contribution in [2.45, 2.75) is 51.2 Å².